The lowest BCUT2D eigenvalue weighted by atomic mass is 10.1. The van der Waals surface area contributed by atoms with Crippen LogP contribution in [-0.2, 0) is 0 Å². The van der Waals surface area contributed by atoms with Crippen molar-refractivity contribution in [3.05, 3.63) is 28.8 Å². The number of carbonyl (C=O) groups is 1. The van der Waals surface area contributed by atoms with E-state index in [0.717, 1.165) is 0 Å². The molecule has 19 heavy (non-hydrogen) atoms. The Morgan fingerprint density at radius 2 is 2.21 bits per heavy atom. The summed E-state index contributed by atoms with van der Waals surface area (Å²) in [4.78, 5) is 13.6. The van der Waals surface area contributed by atoms with E-state index in [9.17, 15) is 9.90 Å². The van der Waals surface area contributed by atoms with Crippen LogP contribution in [0.1, 0.15) is 23.7 Å². The number of phenols is 1. The third-order valence-electron chi connectivity index (χ3n) is 2.45. The molecular weight excluding hydrogens is 270 g/mol. The van der Waals surface area contributed by atoms with Gasteiger partial charge in [-0.05, 0) is 24.6 Å². The van der Waals surface area contributed by atoms with Crippen molar-refractivity contribution in [3.63, 3.8) is 0 Å². The highest BCUT2D eigenvalue weighted by Crippen LogP contribution is 2.23. The maximum absolute atomic E-state index is 12.3. The molecule has 6 nitrogen and oxygen atoms in total. The maximum Gasteiger partial charge on any atom is 0.258 e. The van der Waals surface area contributed by atoms with E-state index in [1.807, 2.05) is 6.92 Å². The number of oxime groups is 1. The maximum atomic E-state index is 12.3. The Bertz CT molecular complexity index is 491. The predicted octanol–water partition coefficient (Wildman–Crippen LogP) is 1.64. The van der Waals surface area contributed by atoms with Gasteiger partial charge in [-0.2, -0.15) is 0 Å². The number of carbonyl (C=O) groups excluding carboxylic acids is 1. The Morgan fingerprint density at radius 1 is 1.53 bits per heavy atom. The number of hydrogen-bond donors (Lipinski definition) is 3. The zero-order valence-electron chi connectivity index (χ0n) is 10.5. The van der Waals surface area contributed by atoms with Crippen molar-refractivity contribution >= 4 is 23.3 Å². The van der Waals surface area contributed by atoms with Crippen LogP contribution in [0.4, 0.5) is 0 Å². The summed E-state index contributed by atoms with van der Waals surface area (Å²) in [6, 6.07) is 4.22. The minimum atomic E-state index is -0.423. The van der Waals surface area contributed by atoms with E-state index in [-0.39, 0.29) is 23.7 Å². The standard InChI is InChI=1S/C12H16ClN3O3/c1-2-5-16(7-11(14)15-19)12(18)9-6-8(13)3-4-10(9)17/h3-4,6,17,19H,2,5,7H2,1H3,(H2,14,15). The average Bonchev–Trinajstić information content (AvgIpc) is 2.40. The monoisotopic (exact) mass is 285 g/mol. The molecule has 0 aliphatic rings. The fourth-order valence-corrected chi connectivity index (χ4v) is 1.77. The number of amidine groups is 1. The quantitative estimate of drug-likeness (QED) is 0.331. The molecule has 0 atom stereocenters. The zero-order chi connectivity index (χ0) is 14.4. The number of hydrogen-bond acceptors (Lipinski definition) is 4. The highest BCUT2D eigenvalue weighted by molar-refractivity contribution is 6.31. The molecule has 0 aromatic heterocycles. The van der Waals surface area contributed by atoms with Crippen LogP contribution in [0.15, 0.2) is 23.4 Å². The Morgan fingerprint density at radius 3 is 2.79 bits per heavy atom. The Balaban J connectivity index is 3.01. The van der Waals surface area contributed by atoms with Crippen molar-refractivity contribution in [1.29, 1.82) is 0 Å². The SMILES string of the molecule is CCCN(CC(N)=NO)C(=O)c1cc(Cl)ccc1O. The number of aromatic hydroxyl groups is 1. The van der Waals surface area contributed by atoms with Crippen LogP contribution in [0, 0.1) is 0 Å². The van der Waals surface area contributed by atoms with Gasteiger partial charge in [-0.1, -0.05) is 23.7 Å². The highest BCUT2D eigenvalue weighted by atomic mass is 35.5. The largest absolute Gasteiger partial charge is 0.507 e. The van der Waals surface area contributed by atoms with Crippen molar-refractivity contribution in [2.75, 3.05) is 13.1 Å². The van der Waals surface area contributed by atoms with Crippen molar-refractivity contribution in [1.82, 2.24) is 4.90 Å². The number of nitrogens with zero attached hydrogens (tertiary/aromatic N) is 2. The number of benzene rings is 1. The molecule has 0 aliphatic carbocycles. The molecule has 0 unspecified atom stereocenters. The second-order valence-corrected chi connectivity index (χ2v) is 4.42. The number of amides is 1. The van der Waals surface area contributed by atoms with Crippen molar-refractivity contribution < 1.29 is 15.1 Å². The lowest BCUT2D eigenvalue weighted by Gasteiger charge is -2.21. The molecule has 0 spiro atoms. The van der Waals surface area contributed by atoms with Gasteiger partial charge in [0.2, 0.25) is 0 Å². The first-order valence-corrected chi connectivity index (χ1v) is 6.11. The van der Waals surface area contributed by atoms with E-state index in [2.05, 4.69) is 5.16 Å². The van der Waals surface area contributed by atoms with Gasteiger partial charge in [0.15, 0.2) is 5.84 Å². The molecule has 0 heterocycles. The molecule has 1 aromatic carbocycles. The van der Waals surface area contributed by atoms with Crippen LogP contribution in [0.2, 0.25) is 5.02 Å². The molecule has 0 aliphatic heterocycles. The number of halogens is 1. The molecular formula is C12H16ClN3O3. The second kappa shape index (κ2) is 6.84. The van der Waals surface area contributed by atoms with E-state index in [1.165, 1.54) is 23.1 Å². The van der Waals surface area contributed by atoms with Gasteiger partial charge in [0.25, 0.3) is 5.91 Å². The predicted molar refractivity (Wildman–Crippen MR) is 72.7 cm³/mol. The summed E-state index contributed by atoms with van der Waals surface area (Å²) in [5, 5.41) is 21.4. The molecule has 0 saturated carbocycles. The summed E-state index contributed by atoms with van der Waals surface area (Å²) in [6.45, 7) is 2.29. The van der Waals surface area contributed by atoms with Gasteiger partial charge in [-0.25, -0.2) is 0 Å². The van der Waals surface area contributed by atoms with E-state index in [4.69, 9.17) is 22.5 Å². The van der Waals surface area contributed by atoms with Crippen LogP contribution in [0.25, 0.3) is 0 Å². The number of phenolic OH excluding ortho intramolecular Hbond substituents is 1. The van der Waals surface area contributed by atoms with Crippen LogP contribution in [-0.4, -0.2) is 40.0 Å². The first kappa shape index (κ1) is 15.1. The first-order chi connectivity index (χ1) is 8.99. The molecule has 1 rings (SSSR count). The minimum absolute atomic E-state index is 0.0187. The summed E-state index contributed by atoms with van der Waals surface area (Å²) in [5.41, 5.74) is 5.50. The van der Waals surface area contributed by atoms with Crippen LogP contribution in [0.3, 0.4) is 0 Å². The highest BCUT2D eigenvalue weighted by Gasteiger charge is 2.19. The summed E-state index contributed by atoms with van der Waals surface area (Å²) in [6.07, 6.45) is 0.700. The van der Waals surface area contributed by atoms with Crippen LogP contribution >= 0.6 is 11.6 Å². The fourth-order valence-electron chi connectivity index (χ4n) is 1.60. The molecule has 104 valence electrons. The van der Waals surface area contributed by atoms with Gasteiger partial charge in [-0.15, -0.1) is 0 Å². The molecule has 1 amide bonds. The normalized spacial score (nSPS) is 11.4. The fraction of sp³-hybridized carbons (Fsp3) is 0.333. The summed E-state index contributed by atoms with van der Waals surface area (Å²) in [5.74, 6) is -0.660. The van der Waals surface area contributed by atoms with E-state index < -0.39 is 5.91 Å². The van der Waals surface area contributed by atoms with E-state index >= 15 is 0 Å². The third kappa shape index (κ3) is 4.03. The topological polar surface area (TPSA) is 99.1 Å². The Labute approximate surface area is 116 Å². The lowest BCUT2D eigenvalue weighted by molar-refractivity contribution is 0.0775. The van der Waals surface area contributed by atoms with Crippen molar-refractivity contribution in [2.24, 2.45) is 10.9 Å². The van der Waals surface area contributed by atoms with Crippen molar-refractivity contribution in [3.8, 4) is 5.75 Å². The minimum Gasteiger partial charge on any atom is -0.507 e. The molecule has 4 N–H and O–H groups in total. The van der Waals surface area contributed by atoms with Crippen LogP contribution in [0.5, 0.6) is 5.75 Å². The number of rotatable bonds is 5. The summed E-state index contributed by atoms with van der Waals surface area (Å²) in [7, 11) is 0. The zero-order valence-corrected chi connectivity index (χ0v) is 11.3. The van der Waals surface area contributed by atoms with Gasteiger partial charge >= 0.3 is 0 Å². The number of nitrogens with two attached hydrogens (primary N) is 1. The van der Waals surface area contributed by atoms with Gasteiger partial charge in [0.05, 0.1) is 12.1 Å². The average molecular weight is 286 g/mol. The van der Waals surface area contributed by atoms with E-state index in [1.54, 1.807) is 0 Å². The Hall–Kier alpha value is -1.95. The lowest BCUT2D eigenvalue weighted by Crippen LogP contribution is -2.39. The molecule has 1 aromatic rings. The smallest absolute Gasteiger partial charge is 0.258 e. The molecule has 0 radical (unpaired) electrons. The summed E-state index contributed by atoms with van der Waals surface area (Å²) < 4.78 is 0. The van der Waals surface area contributed by atoms with Crippen LogP contribution < -0.4 is 5.73 Å². The molecule has 0 saturated heterocycles. The summed E-state index contributed by atoms with van der Waals surface area (Å²) >= 11 is 5.81. The third-order valence-corrected chi connectivity index (χ3v) is 2.69. The first-order valence-electron chi connectivity index (χ1n) is 5.73. The van der Waals surface area contributed by atoms with Gasteiger partial charge in [0, 0.05) is 11.6 Å². The Kier molecular flexibility index (Phi) is 5.44. The van der Waals surface area contributed by atoms with Gasteiger partial charge < -0.3 is 20.9 Å². The molecule has 0 bridgehead atoms. The van der Waals surface area contributed by atoms with E-state index in [0.29, 0.717) is 18.0 Å². The van der Waals surface area contributed by atoms with Gasteiger partial charge in [0.1, 0.15) is 5.75 Å². The molecule has 7 heteroatoms. The van der Waals surface area contributed by atoms with Gasteiger partial charge in [-0.3, -0.25) is 4.79 Å². The second-order valence-electron chi connectivity index (χ2n) is 3.98. The molecule has 0 fully saturated rings. The van der Waals surface area contributed by atoms with Crippen molar-refractivity contribution in [2.45, 2.75) is 13.3 Å².